The Morgan fingerprint density at radius 2 is 1.70 bits per heavy atom. The van der Waals surface area contributed by atoms with E-state index in [4.69, 9.17) is 19.1 Å². The van der Waals surface area contributed by atoms with Crippen LogP contribution in [0.15, 0.2) is 66.7 Å². The highest BCUT2D eigenvalue weighted by Gasteiger charge is 2.20. The molecule has 0 saturated heterocycles. The molecule has 0 fully saturated rings. The first kappa shape index (κ1) is 29.2. The number of fused-ring (bicyclic) bond motifs is 2. The van der Waals surface area contributed by atoms with Crippen LogP contribution in [-0.2, 0) is 19.1 Å². The molecule has 0 unspecified atom stereocenters. The van der Waals surface area contributed by atoms with Crippen LogP contribution >= 0.6 is 0 Å². The molecule has 1 N–H and O–H groups in total. The van der Waals surface area contributed by atoms with Crippen LogP contribution in [0.1, 0.15) is 51.2 Å². The van der Waals surface area contributed by atoms with Gasteiger partial charge in [-0.3, -0.25) is 0 Å². The lowest BCUT2D eigenvalue weighted by molar-refractivity contribution is -0.191. The Kier molecular flexibility index (Phi) is 12.0. The number of carbonyl (C=O) groups is 1. The predicted octanol–water partition coefficient (Wildman–Crippen LogP) is 4.99. The van der Waals surface area contributed by atoms with Gasteiger partial charge < -0.3 is 19.4 Å². The van der Waals surface area contributed by atoms with Gasteiger partial charge in [0.15, 0.2) is 0 Å². The van der Waals surface area contributed by atoms with Gasteiger partial charge in [-0.25, -0.2) is 0 Å². The van der Waals surface area contributed by atoms with Crippen molar-refractivity contribution < 1.29 is 29.0 Å². The number of phenolic OH excluding ortho intramolecular Hbond substituents is 1. The van der Waals surface area contributed by atoms with Gasteiger partial charge in [-0.2, -0.15) is 9.59 Å². The monoisotopic (exact) mass is 502 g/mol. The molecule has 0 saturated carbocycles. The van der Waals surface area contributed by atoms with Gasteiger partial charge in [-0.15, -0.1) is 0 Å². The number of carbonyl (C=O) groups excluding carboxylic acids is 3. The molecular formula is C31H34O6. The van der Waals surface area contributed by atoms with E-state index < -0.39 is 0 Å². The molecule has 37 heavy (non-hydrogen) atoms. The molecule has 194 valence electrons. The molecule has 6 nitrogen and oxygen atoms in total. The van der Waals surface area contributed by atoms with E-state index in [0.717, 1.165) is 58.9 Å². The number of ketones is 1. The molecule has 1 aliphatic rings. The Morgan fingerprint density at radius 3 is 2.35 bits per heavy atom. The van der Waals surface area contributed by atoms with E-state index in [9.17, 15) is 9.90 Å². The quantitative estimate of drug-likeness (QED) is 0.342. The summed E-state index contributed by atoms with van der Waals surface area (Å²) in [6.45, 7) is 11.5. The second-order valence-electron chi connectivity index (χ2n) is 9.04. The summed E-state index contributed by atoms with van der Waals surface area (Å²) >= 11 is 0. The van der Waals surface area contributed by atoms with E-state index >= 15 is 0 Å². The molecule has 3 aromatic rings. The molecule has 0 radical (unpaired) electrons. The fraction of sp³-hybridized carbons (Fsp3) is 0.290. The second kappa shape index (κ2) is 15.2. The first-order chi connectivity index (χ1) is 17.8. The Labute approximate surface area is 217 Å². The lowest BCUT2D eigenvalue weighted by Crippen LogP contribution is -2.19. The van der Waals surface area contributed by atoms with E-state index in [1.165, 1.54) is 0 Å². The zero-order valence-electron chi connectivity index (χ0n) is 21.7. The zero-order chi connectivity index (χ0) is 27.2. The third-order valence-electron chi connectivity index (χ3n) is 5.49. The lowest BCUT2D eigenvalue weighted by atomic mass is 9.92. The summed E-state index contributed by atoms with van der Waals surface area (Å²) in [7, 11) is 0. The van der Waals surface area contributed by atoms with E-state index in [0.29, 0.717) is 18.1 Å². The molecule has 0 amide bonds. The van der Waals surface area contributed by atoms with Crippen molar-refractivity contribution in [1.29, 1.82) is 0 Å². The first-order valence-electron chi connectivity index (χ1n) is 12.2. The van der Waals surface area contributed by atoms with Crippen molar-refractivity contribution in [2.24, 2.45) is 5.92 Å². The number of ether oxygens (including phenoxy) is 2. The maximum absolute atomic E-state index is 10.5. The number of Topliss-reactive ketones (excluding diaryl/α,β-unsaturated/α-hetero) is 1. The average molecular weight is 503 g/mol. The summed E-state index contributed by atoms with van der Waals surface area (Å²) in [6, 6.07) is 21.4. The summed E-state index contributed by atoms with van der Waals surface area (Å²) in [5, 5.41) is 11.7. The van der Waals surface area contributed by atoms with Crippen molar-refractivity contribution in [2.75, 3.05) is 13.2 Å². The summed E-state index contributed by atoms with van der Waals surface area (Å²) in [4.78, 5) is 26.8. The van der Waals surface area contributed by atoms with E-state index in [-0.39, 0.29) is 17.7 Å². The number of hydrogen-bond acceptors (Lipinski definition) is 6. The van der Waals surface area contributed by atoms with Crippen LogP contribution in [0.3, 0.4) is 0 Å². The fourth-order valence-electron chi connectivity index (χ4n) is 3.68. The SMILES string of the molecule is C=c1ccc2c(c1)Oc1cc(O)ccc1C=2c1ccccc1.CC(=O)CCCOCCC(C)C.O=C=O. The van der Waals surface area contributed by atoms with Crippen molar-refractivity contribution >= 4 is 24.1 Å². The number of phenols is 1. The van der Waals surface area contributed by atoms with E-state index in [2.05, 4.69) is 32.6 Å². The van der Waals surface area contributed by atoms with Crippen LogP contribution in [0.4, 0.5) is 0 Å². The van der Waals surface area contributed by atoms with Crippen molar-refractivity contribution in [2.45, 2.75) is 40.0 Å². The summed E-state index contributed by atoms with van der Waals surface area (Å²) in [5.74, 6) is 2.59. The standard InChI is InChI=1S/C20H14O2.C10H20O2.CO2/c1-13-7-9-16-18(11-13)22-19-12-15(21)8-10-17(19)20(16)14-5-3-2-4-6-14;1-9(2)6-8-12-7-4-5-10(3)11;2-1-3/h2-12,21H,1H2;9H,4-8H2,1-3H3;. The van der Waals surface area contributed by atoms with Crippen LogP contribution in [0, 0.1) is 5.92 Å². The van der Waals surface area contributed by atoms with Gasteiger partial charge in [0.2, 0.25) is 0 Å². The first-order valence-corrected chi connectivity index (χ1v) is 12.2. The van der Waals surface area contributed by atoms with E-state index in [1.807, 2.05) is 42.5 Å². The topological polar surface area (TPSA) is 89.9 Å². The van der Waals surface area contributed by atoms with Gasteiger partial charge in [-0.1, -0.05) is 62.9 Å². The fourth-order valence-corrected chi connectivity index (χ4v) is 3.68. The third-order valence-corrected chi connectivity index (χ3v) is 5.49. The molecule has 0 spiro atoms. The van der Waals surface area contributed by atoms with Crippen LogP contribution in [0.25, 0.3) is 12.2 Å². The van der Waals surface area contributed by atoms with Crippen LogP contribution < -0.4 is 15.2 Å². The van der Waals surface area contributed by atoms with E-state index in [1.54, 1.807) is 19.1 Å². The largest absolute Gasteiger partial charge is 0.508 e. The van der Waals surface area contributed by atoms with Crippen LogP contribution in [0.5, 0.6) is 17.2 Å². The van der Waals surface area contributed by atoms with Gasteiger partial charge in [0, 0.05) is 42.1 Å². The van der Waals surface area contributed by atoms with Gasteiger partial charge in [-0.05, 0) is 54.7 Å². The number of rotatable bonds is 8. The zero-order valence-corrected chi connectivity index (χ0v) is 21.7. The van der Waals surface area contributed by atoms with Gasteiger partial charge >= 0.3 is 6.15 Å². The van der Waals surface area contributed by atoms with Crippen molar-refractivity contribution in [3.05, 3.63) is 88.3 Å². The van der Waals surface area contributed by atoms with Crippen molar-refractivity contribution in [3.63, 3.8) is 0 Å². The molecule has 0 aromatic heterocycles. The van der Waals surface area contributed by atoms with Gasteiger partial charge in [0.1, 0.15) is 23.0 Å². The third kappa shape index (κ3) is 9.53. The normalized spacial score (nSPS) is 11.0. The molecular weight excluding hydrogens is 468 g/mol. The molecule has 6 heteroatoms. The molecule has 0 aliphatic carbocycles. The minimum Gasteiger partial charge on any atom is -0.508 e. The van der Waals surface area contributed by atoms with Crippen LogP contribution in [0.2, 0.25) is 0 Å². The highest BCUT2D eigenvalue weighted by atomic mass is 16.5. The smallest absolute Gasteiger partial charge is 0.373 e. The molecule has 4 rings (SSSR count). The molecule has 1 aliphatic heterocycles. The Hall–Kier alpha value is -3.99. The predicted molar refractivity (Wildman–Crippen MR) is 143 cm³/mol. The summed E-state index contributed by atoms with van der Waals surface area (Å²) in [5.41, 5.74) is 3.21. The average Bonchev–Trinajstić information content (AvgIpc) is 2.85. The Bertz CT molecular complexity index is 1310. The Balaban J connectivity index is 0.000000274. The van der Waals surface area contributed by atoms with Crippen LogP contribution in [-0.4, -0.2) is 30.3 Å². The minimum atomic E-state index is 0.195. The second-order valence-corrected chi connectivity index (χ2v) is 9.04. The van der Waals surface area contributed by atoms with Crippen molar-refractivity contribution in [1.82, 2.24) is 0 Å². The summed E-state index contributed by atoms with van der Waals surface area (Å²) < 4.78 is 11.3. The lowest BCUT2D eigenvalue weighted by Gasteiger charge is -2.21. The maximum atomic E-state index is 10.5. The number of benzene rings is 3. The number of hydrogen-bond donors (Lipinski definition) is 1. The number of aromatic hydroxyl groups is 1. The Morgan fingerprint density at radius 1 is 1.00 bits per heavy atom. The summed E-state index contributed by atoms with van der Waals surface area (Å²) in [6.07, 6.45) is 2.88. The highest BCUT2D eigenvalue weighted by Crippen LogP contribution is 2.37. The maximum Gasteiger partial charge on any atom is 0.373 e. The molecule has 3 aromatic carbocycles. The highest BCUT2D eigenvalue weighted by molar-refractivity contribution is 5.85. The van der Waals surface area contributed by atoms with Gasteiger partial charge in [0.25, 0.3) is 0 Å². The molecule has 0 atom stereocenters. The van der Waals surface area contributed by atoms with Crippen molar-refractivity contribution in [3.8, 4) is 17.2 Å². The molecule has 1 heterocycles. The molecule has 0 bridgehead atoms. The minimum absolute atomic E-state index is 0.195. The van der Waals surface area contributed by atoms with Gasteiger partial charge in [0.05, 0.1) is 0 Å².